The van der Waals surface area contributed by atoms with Crippen molar-refractivity contribution in [3.8, 4) is 0 Å². The van der Waals surface area contributed by atoms with Crippen molar-refractivity contribution in [3.63, 3.8) is 0 Å². The van der Waals surface area contributed by atoms with Gasteiger partial charge in [-0.2, -0.15) is 0 Å². The molecule has 2 rings (SSSR count). The highest BCUT2D eigenvalue weighted by atomic mass is 16.6. The average Bonchev–Trinajstić information content (AvgIpc) is 2.31. The van der Waals surface area contributed by atoms with Gasteiger partial charge in [0.05, 0.1) is 0 Å². The van der Waals surface area contributed by atoms with Crippen molar-refractivity contribution in [2.24, 2.45) is 5.90 Å². The largest absolute Gasteiger partial charge is 0.381 e. The molecule has 0 aliphatic carbocycles. The number of hydrogen-bond donors (Lipinski definition) is 1. The van der Waals surface area contributed by atoms with Gasteiger partial charge in [-0.1, -0.05) is 30.3 Å². The lowest BCUT2D eigenvalue weighted by Gasteiger charge is -2.35. The highest BCUT2D eigenvalue weighted by Gasteiger charge is 2.34. The van der Waals surface area contributed by atoms with Crippen molar-refractivity contribution < 1.29 is 9.57 Å². The van der Waals surface area contributed by atoms with E-state index in [1.807, 2.05) is 18.2 Å². The maximum Gasteiger partial charge on any atom is 0.119 e. The van der Waals surface area contributed by atoms with Gasteiger partial charge in [-0.3, -0.25) is 4.84 Å². The molecule has 1 aromatic rings. The summed E-state index contributed by atoms with van der Waals surface area (Å²) < 4.78 is 5.31. The molecule has 1 fully saturated rings. The third kappa shape index (κ3) is 1.66. The Morgan fingerprint density at radius 2 is 1.79 bits per heavy atom. The monoisotopic (exact) mass is 193 g/mol. The van der Waals surface area contributed by atoms with Crippen LogP contribution in [0.5, 0.6) is 0 Å². The van der Waals surface area contributed by atoms with E-state index < -0.39 is 0 Å². The molecule has 1 saturated heterocycles. The van der Waals surface area contributed by atoms with Crippen LogP contribution in [0.15, 0.2) is 30.3 Å². The van der Waals surface area contributed by atoms with Crippen LogP contribution in [-0.2, 0) is 15.2 Å². The molecule has 0 unspecified atom stereocenters. The average molecular weight is 193 g/mol. The summed E-state index contributed by atoms with van der Waals surface area (Å²) in [5.41, 5.74) is 0.810. The molecule has 1 aliphatic rings. The van der Waals surface area contributed by atoms with Gasteiger partial charge in [-0.15, -0.1) is 0 Å². The molecule has 0 bridgehead atoms. The van der Waals surface area contributed by atoms with Crippen LogP contribution in [0.2, 0.25) is 0 Å². The minimum atomic E-state index is -0.334. The number of nitrogens with two attached hydrogens (primary N) is 1. The molecule has 1 heterocycles. The fourth-order valence-electron chi connectivity index (χ4n) is 1.92. The fraction of sp³-hybridized carbons (Fsp3) is 0.455. The van der Waals surface area contributed by atoms with Crippen LogP contribution in [0, 0.1) is 0 Å². The van der Waals surface area contributed by atoms with Gasteiger partial charge in [0.2, 0.25) is 0 Å². The number of benzene rings is 1. The van der Waals surface area contributed by atoms with Crippen LogP contribution >= 0.6 is 0 Å². The molecule has 1 aromatic carbocycles. The molecule has 1 aliphatic heterocycles. The summed E-state index contributed by atoms with van der Waals surface area (Å²) in [5, 5.41) is 0. The number of hydrogen-bond acceptors (Lipinski definition) is 3. The van der Waals surface area contributed by atoms with Crippen molar-refractivity contribution in [1.29, 1.82) is 0 Å². The first-order chi connectivity index (χ1) is 6.87. The van der Waals surface area contributed by atoms with Gasteiger partial charge in [0.15, 0.2) is 0 Å². The Morgan fingerprint density at radius 1 is 1.14 bits per heavy atom. The molecule has 0 amide bonds. The van der Waals surface area contributed by atoms with Crippen LogP contribution in [0.1, 0.15) is 18.4 Å². The second kappa shape index (κ2) is 4.09. The lowest BCUT2D eigenvalue weighted by Crippen LogP contribution is -2.38. The smallest absolute Gasteiger partial charge is 0.119 e. The summed E-state index contributed by atoms with van der Waals surface area (Å²) in [6.45, 7) is 1.43. The van der Waals surface area contributed by atoms with Gasteiger partial charge in [0.1, 0.15) is 5.60 Å². The Bertz CT molecular complexity index is 281. The summed E-state index contributed by atoms with van der Waals surface area (Å²) in [6, 6.07) is 10.1. The molecule has 0 aromatic heterocycles. The van der Waals surface area contributed by atoms with E-state index in [0.29, 0.717) is 13.2 Å². The predicted octanol–water partition coefficient (Wildman–Crippen LogP) is 1.58. The zero-order chi connectivity index (χ0) is 9.86. The molecule has 76 valence electrons. The van der Waals surface area contributed by atoms with Gasteiger partial charge >= 0.3 is 0 Å². The van der Waals surface area contributed by atoms with E-state index in [4.69, 9.17) is 15.5 Å². The van der Waals surface area contributed by atoms with Crippen molar-refractivity contribution in [3.05, 3.63) is 35.9 Å². The maximum atomic E-state index is 5.41. The van der Waals surface area contributed by atoms with Crippen molar-refractivity contribution in [1.82, 2.24) is 0 Å². The van der Waals surface area contributed by atoms with E-state index in [2.05, 4.69) is 12.1 Å². The van der Waals surface area contributed by atoms with Gasteiger partial charge in [0, 0.05) is 26.1 Å². The second-order valence-electron chi connectivity index (χ2n) is 3.59. The quantitative estimate of drug-likeness (QED) is 0.725. The van der Waals surface area contributed by atoms with Crippen molar-refractivity contribution in [2.45, 2.75) is 18.4 Å². The van der Waals surface area contributed by atoms with Crippen LogP contribution in [0.25, 0.3) is 0 Å². The van der Waals surface area contributed by atoms with Crippen molar-refractivity contribution in [2.75, 3.05) is 13.2 Å². The molecule has 3 nitrogen and oxygen atoms in total. The number of rotatable bonds is 2. The van der Waals surface area contributed by atoms with E-state index >= 15 is 0 Å². The Morgan fingerprint density at radius 3 is 2.36 bits per heavy atom. The molecule has 0 radical (unpaired) electrons. The Labute approximate surface area is 83.8 Å². The summed E-state index contributed by atoms with van der Waals surface area (Å²) in [5.74, 6) is 5.41. The summed E-state index contributed by atoms with van der Waals surface area (Å²) in [4.78, 5) is 5.18. The zero-order valence-corrected chi connectivity index (χ0v) is 8.11. The molecule has 0 spiro atoms. The van der Waals surface area contributed by atoms with Crippen LogP contribution in [0.3, 0.4) is 0 Å². The van der Waals surface area contributed by atoms with Crippen LogP contribution in [-0.4, -0.2) is 13.2 Å². The normalized spacial score (nSPS) is 20.6. The lowest BCUT2D eigenvalue weighted by molar-refractivity contribution is -0.119. The van der Waals surface area contributed by atoms with Crippen LogP contribution in [0.4, 0.5) is 0 Å². The molecular weight excluding hydrogens is 178 g/mol. The molecular formula is C11H15NO2. The molecule has 0 saturated carbocycles. The van der Waals surface area contributed by atoms with Crippen molar-refractivity contribution >= 4 is 0 Å². The van der Waals surface area contributed by atoms with Gasteiger partial charge in [-0.25, -0.2) is 5.90 Å². The third-order valence-corrected chi connectivity index (χ3v) is 2.83. The summed E-state index contributed by atoms with van der Waals surface area (Å²) in [7, 11) is 0. The first-order valence-corrected chi connectivity index (χ1v) is 4.88. The molecule has 14 heavy (non-hydrogen) atoms. The second-order valence-corrected chi connectivity index (χ2v) is 3.59. The molecule has 0 atom stereocenters. The van der Waals surface area contributed by atoms with Crippen LogP contribution < -0.4 is 5.90 Å². The summed E-state index contributed by atoms with van der Waals surface area (Å²) in [6.07, 6.45) is 1.65. The van der Waals surface area contributed by atoms with E-state index in [9.17, 15) is 0 Å². The summed E-state index contributed by atoms with van der Waals surface area (Å²) >= 11 is 0. The Kier molecular flexibility index (Phi) is 2.82. The van der Waals surface area contributed by atoms with Gasteiger partial charge < -0.3 is 4.74 Å². The fourth-order valence-corrected chi connectivity index (χ4v) is 1.92. The first-order valence-electron chi connectivity index (χ1n) is 4.88. The maximum absolute atomic E-state index is 5.41. The van der Waals surface area contributed by atoms with E-state index in [1.165, 1.54) is 0 Å². The Hall–Kier alpha value is -0.900. The van der Waals surface area contributed by atoms with E-state index in [0.717, 1.165) is 18.4 Å². The third-order valence-electron chi connectivity index (χ3n) is 2.83. The SMILES string of the molecule is NOC1(c2ccccc2)CCOCC1. The molecule has 3 heteroatoms. The lowest BCUT2D eigenvalue weighted by atomic mass is 9.86. The highest BCUT2D eigenvalue weighted by Crippen LogP contribution is 2.34. The zero-order valence-electron chi connectivity index (χ0n) is 8.11. The van der Waals surface area contributed by atoms with E-state index in [-0.39, 0.29) is 5.60 Å². The standard InChI is InChI=1S/C11H15NO2/c12-14-11(6-8-13-9-7-11)10-4-2-1-3-5-10/h1-5H,6-9,12H2. The van der Waals surface area contributed by atoms with E-state index in [1.54, 1.807) is 0 Å². The topological polar surface area (TPSA) is 44.5 Å². The molecule has 2 N–H and O–H groups in total. The Balaban J connectivity index is 2.27. The number of ether oxygens (including phenoxy) is 1. The first kappa shape index (κ1) is 9.65. The minimum absolute atomic E-state index is 0.334. The minimum Gasteiger partial charge on any atom is -0.381 e. The van der Waals surface area contributed by atoms with Gasteiger partial charge in [0.25, 0.3) is 0 Å². The van der Waals surface area contributed by atoms with Gasteiger partial charge in [-0.05, 0) is 5.56 Å². The predicted molar refractivity (Wildman–Crippen MR) is 53.4 cm³/mol. The highest BCUT2D eigenvalue weighted by molar-refractivity contribution is 5.23.